The Hall–Kier alpha value is -2.30. The van der Waals surface area contributed by atoms with Gasteiger partial charge in [-0.3, -0.25) is 0 Å². The van der Waals surface area contributed by atoms with Gasteiger partial charge in [0.25, 0.3) is 0 Å². The van der Waals surface area contributed by atoms with E-state index in [2.05, 4.69) is 9.97 Å². The third kappa shape index (κ3) is 2.63. The second-order valence-corrected chi connectivity index (χ2v) is 3.49. The Balaban J connectivity index is 2.22. The molecule has 0 spiro atoms. The van der Waals surface area contributed by atoms with Crippen molar-refractivity contribution in [3.8, 4) is 17.5 Å². The molecule has 88 valence electrons. The van der Waals surface area contributed by atoms with Gasteiger partial charge < -0.3 is 15.2 Å². The Bertz CT molecular complexity index is 529. The summed E-state index contributed by atoms with van der Waals surface area (Å²) in [4.78, 5) is 8.14. The number of hydrogen-bond acceptors (Lipinski definition) is 5. The highest BCUT2D eigenvalue weighted by Crippen LogP contribution is 2.27. The van der Waals surface area contributed by atoms with Crippen molar-refractivity contribution in [1.82, 2.24) is 9.97 Å². The summed E-state index contributed by atoms with van der Waals surface area (Å²) in [6.07, 6.45) is 1.64. The van der Waals surface area contributed by atoms with Gasteiger partial charge in [-0.15, -0.1) is 0 Å². The van der Waals surface area contributed by atoms with Crippen LogP contribution < -0.4 is 15.2 Å². The minimum Gasteiger partial charge on any atom is -0.495 e. The van der Waals surface area contributed by atoms with E-state index in [1.54, 1.807) is 37.6 Å². The third-order valence-electron chi connectivity index (χ3n) is 2.18. The van der Waals surface area contributed by atoms with Gasteiger partial charge in [0.1, 0.15) is 11.5 Å². The van der Waals surface area contributed by atoms with Crippen molar-refractivity contribution in [1.29, 1.82) is 0 Å². The molecule has 5 heteroatoms. The van der Waals surface area contributed by atoms with Crippen LogP contribution in [0.4, 0.5) is 5.69 Å². The molecule has 0 amide bonds. The molecule has 0 aliphatic rings. The number of nitrogens with zero attached hydrogens (tertiary/aromatic N) is 2. The molecule has 2 rings (SSSR count). The fourth-order valence-corrected chi connectivity index (χ4v) is 1.36. The monoisotopic (exact) mass is 231 g/mol. The van der Waals surface area contributed by atoms with Crippen molar-refractivity contribution in [2.24, 2.45) is 0 Å². The molecule has 2 aromatic rings. The summed E-state index contributed by atoms with van der Waals surface area (Å²) >= 11 is 0. The third-order valence-corrected chi connectivity index (χ3v) is 2.18. The number of benzene rings is 1. The number of methoxy groups -OCH3 is 1. The van der Waals surface area contributed by atoms with Gasteiger partial charge in [-0.2, -0.15) is 0 Å². The predicted molar refractivity (Wildman–Crippen MR) is 64.2 cm³/mol. The Labute approximate surface area is 99.2 Å². The number of nitrogens with two attached hydrogens (primary N) is 1. The first-order chi connectivity index (χ1) is 8.19. The van der Waals surface area contributed by atoms with E-state index >= 15 is 0 Å². The first-order valence-corrected chi connectivity index (χ1v) is 5.10. The van der Waals surface area contributed by atoms with Crippen LogP contribution in [0.1, 0.15) is 5.69 Å². The zero-order valence-electron chi connectivity index (χ0n) is 9.68. The minimum atomic E-state index is 0.301. The van der Waals surface area contributed by atoms with E-state index in [9.17, 15) is 0 Å². The average Bonchev–Trinajstić information content (AvgIpc) is 2.29. The second kappa shape index (κ2) is 4.69. The maximum absolute atomic E-state index is 5.77. The van der Waals surface area contributed by atoms with Crippen LogP contribution in [-0.2, 0) is 0 Å². The molecule has 1 aromatic heterocycles. The van der Waals surface area contributed by atoms with E-state index in [-0.39, 0.29) is 0 Å². The maximum atomic E-state index is 5.77. The van der Waals surface area contributed by atoms with E-state index in [4.69, 9.17) is 15.2 Å². The largest absolute Gasteiger partial charge is 0.495 e. The van der Waals surface area contributed by atoms with Crippen molar-refractivity contribution in [2.75, 3.05) is 12.8 Å². The van der Waals surface area contributed by atoms with Gasteiger partial charge in [0, 0.05) is 18.0 Å². The normalized spacial score (nSPS) is 10.0. The molecule has 0 bridgehead atoms. The smallest absolute Gasteiger partial charge is 0.322 e. The summed E-state index contributed by atoms with van der Waals surface area (Å²) in [5, 5.41) is 0. The zero-order valence-corrected chi connectivity index (χ0v) is 9.68. The number of aryl methyl sites for hydroxylation is 1. The van der Waals surface area contributed by atoms with E-state index < -0.39 is 0 Å². The maximum Gasteiger partial charge on any atom is 0.322 e. The number of ether oxygens (including phenoxy) is 2. The Kier molecular flexibility index (Phi) is 3.09. The lowest BCUT2D eigenvalue weighted by Gasteiger charge is -2.07. The van der Waals surface area contributed by atoms with Gasteiger partial charge in [-0.1, -0.05) is 0 Å². The molecule has 0 saturated carbocycles. The molecule has 2 N–H and O–H groups in total. The lowest BCUT2D eigenvalue weighted by molar-refractivity contribution is 0.413. The van der Waals surface area contributed by atoms with Crippen molar-refractivity contribution in [2.45, 2.75) is 6.92 Å². The van der Waals surface area contributed by atoms with Gasteiger partial charge in [-0.25, -0.2) is 9.97 Å². The summed E-state index contributed by atoms with van der Waals surface area (Å²) in [5.41, 5.74) is 7.13. The molecule has 0 radical (unpaired) electrons. The van der Waals surface area contributed by atoms with Crippen molar-refractivity contribution >= 4 is 5.69 Å². The first kappa shape index (κ1) is 11.2. The molecule has 17 heavy (non-hydrogen) atoms. The van der Waals surface area contributed by atoms with Crippen molar-refractivity contribution in [3.63, 3.8) is 0 Å². The molecular weight excluding hydrogens is 218 g/mol. The van der Waals surface area contributed by atoms with Gasteiger partial charge >= 0.3 is 6.01 Å². The fourth-order valence-electron chi connectivity index (χ4n) is 1.36. The molecular formula is C12H13N3O2. The summed E-state index contributed by atoms with van der Waals surface area (Å²) in [6, 6.07) is 7.26. The standard InChI is InChI=1S/C12H13N3O2/c1-8-5-6-14-12(15-8)17-9-3-4-11(16-2)10(13)7-9/h3-7H,13H2,1-2H3. The molecule has 0 atom stereocenters. The zero-order chi connectivity index (χ0) is 12.3. The van der Waals surface area contributed by atoms with Crippen molar-refractivity contribution in [3.05, 3.63) is 36.2 Å². The van der Waals surface area contributed by atoms with Gasteiger partial charge in [0.05, 0.1) is 12.8 Å². The SMILES string of the molecule is COc1ccc(Oc2nccc(C)n2)cc1N. The summed E-state index contributed by atoms with van der Waals surface area (Å²) < 4.78 is 10.5. The lowest BCUT2D eigenvalue weighted by Crippen LogP contribution is -1.95. The molecule has 0 saturated heterocycles. The molecule has 5 nitrogen and oxygen atoms in total. The van der Waals surface area contributed by atoms with E-state index in [0.717, 1.165) is 5.69 Å². The van der Waals surface area contributed by atoms with Crippen LogP contribution in [-0.4, -0.2) is 17.1 Å². The molecule has 0 unspecified atom stereocenters. The number of hydrogen-bond donors (Lipinski definition) is 1. The van der Waals surface area contributed by atoms with Crippen LogP contribution in [0.25, 0.3) is 0 Å². The number of aromatic nitrogens is 2. The highest BCUT2D eigenvalue weighted by Gasteiger charge is 2.04. The van der Waals surface area contributed by atoms with Crippen LogP contribution in [0.3, 0.4) is 0 Å². The molecule has 1 aromatic carbocycles. The summed E-state index contributed by atoms with van der Waals surface area (Å²) in [5.74, 6) is 1.19. The second-order valence-electron chi connectivity index (χ2n) is 3.49. The number of nitrogen functional groups attached to an aromatic ring is 1. The Morgan fingerprint density at radius 3 is 2.71 bits per heavy atom. The van der Waals surface area contributed by atoms with Crippen LogP contribution in [0, 0.1) is 6.92 Å². The fraction of sp³-hybridized carbons (Fsp3) is 0.167. The van der Waals surface area contributed by atoms with Crippen LogP contribution in [0.2, 0.25) is 0 Å². The molecule has 1 heterocycles. The van der Waals surface area contributed by atoms with Gasteiger partial charge in [-0.05, 0) is 25.1 Å². The van der Waals surface area contributed by atoms with E-state index in [0.29, 0.717) is 23.2 Å². The predicted octanol–water partition coefficient (Wildman–Crippen LogP) is 2.17. The van der Waals surface area contributed by atoms with E-state index in [1.165, 1.54) is 0 Å². The molecule has 0 aliphatic carbocycles. The van der Waals surface area contributed by atoms with Crippen LogP contribution in [0.5, 0.6) is 17.5 Å². The average molecular weight is 231 g/mol. The highest BCUT2D eigenvalue weighted by atomic mass is 16.5. The minimum absolute atomic E-state index is 0.301. The quantitative estimate of drug-likeness (QED) is 0.820. The van der Waals surface area contributed by atoms with Gasteiger partial charge in [0.2, 0.25) is 0 Å². The van der Waals surface area contributed by atoms with E-state index in [1.807, 2.05) is 6.92 Å². The Morgan fingerprint density at radius 2 is 2.06 bits per heavy atom. The van der Waals surface area contributed by atoms with Gasteiger partial charge in [0.15, 0.2) is 0 Å². The van der Waals surface area contributed by atoms with Crippen LogP contribution in [0.15, 0.2) is 30.5 Å². The van der Waals surface area contributed by atoms with Crippen LogP contribution >= 0.6 is 0 Å². The molecule has 0 aliphatic heterocycles. The van der Waals surface area contributed by atoms with Crippen molar-refractivity contribution < 1.29 is 9.47 Å². The topological polar surface area (TPSA) is 70.3 Å². The summed E-state index contributed by atoms with van der Waals surface area (Å²) in [7, 11) is 1.57. The highest BCUT2D eigenvalue weighted by molar-refractivity contribution is 5.56. The molecule has 0 fully saturated rings. The number of rotatable bonds is 3. The Morgan fingerprint density at radius 1 is 1.24 bits per heavy atom. The summed E-state index contributed by atoms with van der Waals surface area (Å²) in [6.45, 7) is 1.87. The lowest BCUT2D eigenvalue weighted by atomic mass is 10.3. The first-order valence-electron chi connectivity index (χ1n) is 5.10. The number of anilines is 1.